The van der Waals surface area contributed by atoms with Gasteiger partial charge in [0.25, 0.3) is 5.69 Å². The first-order valence-electron chi connectivity index (χ1n) is 8.77. The standard InChI is InChI=1S/C17H17N5O7S/c23-5-11-13(24)14(25)17(29-11,21-8-20-12-15(21)18-7-19-16(12)26)30-6-9-3-1-2-4-10(9)22(27)28/h1-4,7-8,11,13-14,23-25H,5-6H2,(H,18,19,26)/t11-,13-,14-,17+/m1/s1. The summed E-state index contributed by atoms with van der Waals surface area (Å²) in [4.78, 5) is 22.6. The van der Waals surface area contributed by atoms with Gasteiger partial charge in [-0.1, -0.05) is 30.0 Å². The van der Waals surface area contributed by atoms with Crippen LogP contribution in [0.3, 0.4) is 0 Å². The number of fused-ring (bicyclic) bond motifs is 1. The van der Waals surface area contributed by atoms with Crippen LogP contribution in [0.2, 0.25) is 0 Å². The zero-order valence-corrected chi connectivity index (χ0v) is 16.1. The van der Waals surface area contributed by atoms with Crippen LogP contribution in [0, 0.1) is 10.1 Å². The third-order valence-corrected chi connectivity index (χ3v) is 6.25. The van der Waals surface area contributed by atoms with Crippen LogP contribution in [0.25, 0.3) is 11.2 Å². The minimum Gasteiger partial charge on any atom is -0.492 e. The summed E-state index contributed by atoms with van der Waals surface area (Å²) in [5.41, 5.74) is 0.414. The second kappa shape index (κ2) is 7.77. The van der Waals surface area contributed by atoms with E-state index < -0.39 is 34.9 Å². The summed E-state index contributed by atoms with van der Waals surface area (Å²) in [5.74, 6) is -0.361. The van der Waals surface area contributed by atoms with Crippen molar-refractivity contribution in [1.82, 2.24) is 19.5 Å². The lowest BCUT2D eigenvalue weighted by Crippen LogP contribution is -2.43. The number of hydrogen-bond acceptors (Lipinski definition) is 11. The lowest BCUT2D eigenvalue weighted by atomic mass is 10.1. The van der Waals surface area contributed by atoms with Crippen LogP contribution in [0.4, 0.5) is 5.69 Å². The van der Waals surface area contributed by atoms with Gasteiger partial charge in [-0.15, -0.1) is 0 Å². The molecule has 12 nitrogen and oxygen atoms in total. The van der Waals surface area contributed by atoms with Crippen molar-refractivity contribution >= 4 is 28.6 Å². The van der Waals surface area contributed by atoms with E-state index in [1.54, 1.807) is 12.1 Å². The van der Waals surface area contributed by atoms with Crippen molar-refractivity contribution in [2.24, 2.45) is 0 Å². The number of aromatic hydroxyl groups is 1. The van der Waals surface area contributed by atoms with Crippen LogP contribution >= 0.6 is 11.8 Å². The van der Waals surface area contributed by atoms with Gasteiger partial charge in [-0.3, -0.25) is 14.7 Å². The van der Waals surface area contributed by atoms with Crippen LogP contribution in [0.15, 0.2) is 36.9 Å². The summed E-state index contributed by atoms with van der Waals surface area (Å²) < 4.78 is 7.17. The van der Waals surface area contributed by atoms with Gasteiger partial charge in [-0.2, -0.15) is 4.98 Å². The van der Waals surface area contributed by atoms with Crippen molar-refractivity contribution in [2.45, 2.75) is 29.1 Å². The number of ether oxygens (including phenoxy) is 1. The molecule has 0 unspecified atom stereocenters. The summed E-state index contributed by atoms with van der Waals surface area (Å²) in [6.45, 7) is -0.571. The fourth-order valence-corrected chi connectivity index (χ4v) is 4.73. The second-order valence-electron chi connectivity index (χ2n) is 6.56. The Bertz CT molecular complexity index is 1100. The number of nitrogens with zero attached hydrogens (tertiary/aromatic N) is 5. The lowest BCUT2D eigenvalue weighted by Gasteiger charge is -2.32. The van der Waals surface area contributed by atoms with Crippen molar-refractivity contribution in [3.8, 4) is 5.88 Å². The highest BCUT2D eigenvalue weighted by atomic mass is 32.2. The molecule has 1 aliphatic rings. The van der Waals surface area contributed by atoms with Crippen molar-refractivity contribution in [3.63, 3.8) is 0 Å². The first-order chi connectivity index (χ1) is 14.4. The number of aromatic nitrogens is 4. The molecule has 3 aromatic rings. The Morgan fingerprint density at radius 2 is 2.03 bits per heavy atom. The number of thioether (sulfide) groups is 1. The number of nitro groups is 1. The Morgan fingerprint density at radius 3 is 2.73 bits per heavy atom. The fraction of sp³-hybridized carbons (Fsp3) is 0.353. The Balaban J connectivity index is 1.80. The van der Waals surface area contributed by atoms with Gasteiger partial charge in [0.1, 0.15) is 31.0 Å². The summed E-state index contributed by atoms with van der Waals surface area (Å²) >= 11 is 0.959. The molecule has 0 aliphatic carbocycles. The third kappa shape index (κ3) is 3.16. The number of aliphatic hydroxyl groups excluding tert-OH is 3. The third-order valence-electron chi connectivity index (χ3n) is 4.85. The fourth-order valence-electron chi connectivity index (χ4n) is 3.35. The van der Waals surface area contributed by atoms with Gasteiger partial charge in [0.15, 0.2) is 11.2 Å². The minimum absolute atomic E-state index is 0.0236. The lowest BCUT2D eigenvalue weighted by molar-refractivity contribution is -0.385. The Kier molecular flexibility index (Phi) is 5.29. The van der Waals surface area contributed by atoms with Crippen LogP contribution < -0.4 is 0 Å². The molecular formula is C17H17N5O7S. The number of hydrogen-bond donors (Lipinski definition) is 4. The van der Waals surface area contributed by atoms with Crippen molar-refractivity contribution in [3.05, 3.63) is 52.6 Å². The molecule has 158 valence electrons. The predicted molar refractivity (Wildman–Crippen MR) is 103 cm³/mol. The van der Waals surface area contributed by atoms with Crippen LogP contribution in [0.5, 0.6) is 5.88 Å². The van der Waals surface area contributed by atoms with Gasteiger partial charge in [-0.25, -0.2) is 9.97 Å². The highest BCUT2D eigenvalue weighted by Gasteiger charge is 2.56. The van der Waals surface area contributed by atoms with Crippen molar-refractivity contribution < 1.29 is 30.1 Å². The van der Waals surface area contributed by atoms with Gasteiger partial charge in [-0.05, 0) is 0 Å². The zero-order chi connectivity index (χ0) is 21.5. The van der Waals surface area contributed by atoms with E-state index in [-0.39, 0.29) is 28.5 Å². The van der Waals surface area contributed by atoms with Crippen LogP contribution in [-0.2, 0) is 15.5 Å². The SMILES string of the molecule is O=[N+]([O-])c1ccccc1CS[C@@]1(n2cnc3c(O)ncnc32)O[C@H](CO)[C@@H](O)[C@H]1O. The summed E-state index contributed by atoms with van der Waals surface area (Å²) in [5, 5.41) is 50.4. The molecule has 4 atom stereocenters. The summed E-state index contributed by atoms with van der Waals surface area (Å²) in [7, 11) is 0. The molecule has 0 bridgehead atoms. The molecule has 0 saturated carbocycles. The number of imidazole rings is 1. The normalized spacial score (nSPS) is 26.3. The molecule has 30 heavy (non-hydrogen) atoms. The Labute approximate surface area is 172 Å². The maximum atomic E-state index is 11.3. The van der Waals surface area contributed by atoms with E-state index in [0.29, 0.717) is 5.56 Å². The highest BCUT2D eigenvalue weighted by molar-refractivity contribution is 7.99. The molecule has 3 heterocycles. The first-order valence-corrected chi connectivity index (χ1v) is 9.76. The van der Waals surface area contributed by atoms with Gasteiger partial charge >= 0.3 is 0 Å². The predicted octanol–water partition coefficient (Wildman–Crippen LogP) is 0.0967. The number of benzene rings is 1. The van der Waals surface area contributed by atoms with Crippen LogP contribution in [-0.4, -0.2) is 69.8 Å². The van der Waals surface area contributed by atoms with E-state index in [9.17, 15) is 30.5 Å². The molecule has 4 N–H and O–H groups in total. The van der Waals surface area contributed by atoms with Crippen molar-refractivity contribution in [1.29, 1.82) is 0 Å². The Morgan fingerprint density at radius 1 is 1.27 bits per heavy atom. The molecule has 1 fully saturated rings. The number of rotatable bonds is 6. The second-order valence-corrected chi connectivity index (χ2v) is 7.73. The van der Waals surface area contributed by atoms with Gasteiger partial charge in [0.05, 0.1) is 11.5 Å². The molecule has 0 radical (unpaired) electrons. The summed E-state index contributed by atoms with van der Waals surface area (Å²) in [6, 6.07) is 6.11. The molecule has 1 aliphatic heterocycles. The van der Waals surface area contributed by atoms with Crippen LogP contribution in [0.1, 0.15) is 5.56 Å². The minimum atomic E-state index is -1.73. The topological polar surface area (TPSA) is 177 Å². The molecule has 0 spiro atoms. The number of aliphatic hydroxyl groups is 3. The molecular weight excluding hydrogens is 418 g/mol. The average molecular weight is 435 g/mol. The van der Waals surface area contributed by atoms with E-state index in [1.807, 2.05) is 0 Å². The van der Waals surface area contributed by atoms with E-state index in [0.717, 1.165) is 18.1 Å². The maximum Gasteiger partial charge on any atom is 0.273 e. The van der Waals surface area contributed by atoms with E-state index in [4.69, 9.17) is 4.74 Å². The number of nitro benzene ring substituents is 1. The largest absolute Gasteiger partial charge is 0.492 e. The maximum absolute atomic E-state index is 11.3. The molecule has 13 heteroatoms. The quantitative estimate of drug-likeness (QED) is 0.305. The molecule has 0 amide bonds. The van der Waals surface area contributed by atoms with E-state index >= 15 is 0 Å². The zero-order valence-electron chi connectivity index (χ0n) is 15.3. The number of para-hydroxylation sites is 1. The van der Waals surface area contributed by atoms with E-state index in [1.165, 1.54) is 23.0 Å². The molecule has 1 saturated heterocycles. The first kappa shape index (κ1) is 20.4. The van der Waals surface area contributed by atoms with Crippen molar-refractivity contribution in [2.75, 3.05) is 6.61 Å². The highest BCUT2D eigenvalue weighted by Crippen LogP contribution is 2.47. The van der Waals surface area contributed by atoms with Gasteiger partial charge in [0, 0.05) is 17.4 Å². The molecule has 1 aromatic carbocycles. The van der Waals surface area contributed by atoms with Gasteiger partial charge < -0.3 is 25.2 Å². The Hall–Kier alpha value is -2.84. The average Bonchev–Trinajstić information content (AvgIpc) is 3.28. The smallest absolute Gasteiger partial charge is 0.273 e. The monoisotopic (exact) mass is 435 g/mol. The van der Waals surface area contributed by atoms with E-state index in [2.05, 4.69) is 15.0 Å². The molecule has 4 rings (SSSR count). The van der Waals surface area contributed by atoms with Gasteiger partial charge in [0.2, 0.25) is 10.9 Å². The molecule has 2 aromatic heterocycles. The summed E-state index contributed by atoms with van der Waals surface area (Å²) in [6.07, 6.45) is -1.76.